The first-order valence-electron chi connectivity index (χ1n) is 23.8. The van der Waals surface area contributed by atoms with E-state index in [1.165, 1.54) is 38.1 Å². The normalized spacial score (nSPS) is 14.6. The average molecular weight is 1180 g/mol. The molecule has 1 heterocycles. The molecule has 1 aromatic heterocycles. The van der Waals surface area contributed by atoms with Crippen LogP contribution in [-0.4, -0.2) is 197 Å². The Kier molecular flexibility index (Phi) is 31.3. The maximum absolute atomic E-state index is 14.2. The van der Waals surface area contributed by atoms with Crippen molar-refractivity contribution >= 4 is 109 Å². The lowest BCUT2D eigenvalue weighted by Crippen LogP contribution is -2.61. The van der Waals surface area contributed by atoms with E-state index in [4.69, 9.17) is 22.9 Å². The van der Waals surface area contributed by atoms with E-state index in [-0.39, 0.29) is 38.2 Å². The van der Waals surface area contributed by atoms with E-state index in [1.807, 2.05) is 10.6 Å². The summed E-state index contributed by atoms with van der Waals surface area (Å²) < 4.78 is 16.3. The van der Waals surface area contributed by atoms with Crippen molar-refractivity contribution in [3.8, 4) is 0 Å². The van der Waals surface area contributed by atoms with Crippen LogP contribution in [0.5, 0.6) is 0 Å². The molecule has 9 atom stereocenters. The number of nitrogens with zero attached hydrogens (tertiary/aromatic N) is 2. The highest BCUT2D eigenvalue weighted by molar-refractivity contribution is 7.98. The molecule has 0 aromatic carbocycles. The lowest BCUT2D eigenvalue weighted by atomic mass is 10.0. The molecule has 1 aromatic rings. The number of H-pyrrole nitrogens is 1. The molecular weight excluding hydrogens is 1110 g/mol. The number of rotatable bonds is 39. The zero-order valence-corrected chi connectivity index (χ0v) is 45.7. The van der Waals surface area contributed by atoms with Gasteiger partial charge in [-0.2, -0.15) is 24.4 Å². The SMILES string of the molecule is CSCC[C@H](N)C(=O)N[C@@H](Cc1cnc[nH]1)C(=O)N[C@@H](CCCN=C(N)N)C(=O)N[C@@H](CCC(N)=O)C(=O)N[C@@H](CCC(=O)O)C(=O)N[C@@H](COP(=O)(O)O)C(=O)N[C@H](C(=O)N[C@@H](CC(=O)O)C(=O)N[C@@H](CS)C(=O)O)C(C)C. The molecule has 0 radical (unpaired) electrons. The van der Waals surface area contributed by atoms with Gasteiger partial charge < -0.3 is 95.6 Å². The van der Waals surface area contributed by atoms with Gasteiger partial charge in [0.15, 0.2) is 5.96 Å². The fraction of sp³-hybridized carbons (Fsp3) is 0.619. The Bertz CT molecular complexity index is 2360. The van der Waals surface area contributed by atoms with Crippen LogP contribution in [0.25, 0.3) is 0 Å². The van der Waals surface area contributed by atoms with Crippen molar-refractivity contribution in [2.45, 2.75) is 126 Å². The van der Waals surface area contributed by atoms with Crippen LogP contribution in [-0.2, 0) is 73.0 Å². The van der Waals surface area contributed by atoms with Crippen molar-refractivity contribution in [3.05, 3.63) is 18.2 Å². The zero-order valence-electron chi connectivity index (χ0n) is 43.1. The standard InChI is InChI=1S/C42H70N15O19PS2/c1-19(2)32(40(70)54-26(14-31(61)62)38(68)56-28(17-78)41(71)72)57-39(69)27(16-76-77(73,74)75)55-36(66)24(7-9-30(59)60)52-35(65)23(6-8-29(44)58)51-34(64)22(5-4-11-48-42(45)46)50-37(67)25(13-20-15-47-18-49-20)53-33(63)21(43)10-12-79-3/h15,18-19,21-28,32,78H,4-14,16-17,43H2,1-3H3,(H2,44,58)(H,47,49)(H,50,67)(H,51,64)(H,52,65)(H,53,63)(H,54,70)(H,55,66)(H,56,68)(H,57,69)(H,59,60)(H,61,62)(H,71,72)(H4,45,46,48)(H2,73,74,75)/t21-,22-,23-,24-,25-,26-,27-,28-,32-/m0/s1. The van der Waals surface area contributed by atoms with Crippen molar-refractivity contribution in [2.75, 3.05) is 30.9 Å². The minimum atomic E-state index is -5.47. The largest absolute Gasteiger partial charge is 0.481 e. The number of aliphatic carboxylic acids is 3. The summed E-state index contributed by atoms with van der Waals surface area (Å²) in [6, 6.07) is -15.3. The van der Waals surface area contributed by atoms with E-state index in [1.54, 1.807) is 6.26 Å². The number of phosphoric ester groups is 1. The number of carbonyl (C=O) groups excluding carboxylic acids is 9. The van der Waals surface area contributed by atoms with Crippen LogP contribution in [0.15, 0.2) is 17.5 Å². The van der Waals surface area contributed by atoms with E-state index in [0.29, 0.717) is 11.4 Å². The summed E-state index contributed by atoms with van der Waals surface area (Å²) in [5.74, 6) is -16.3. The van der Waals surface area contributed by atoms with Gasteiger partial charge in [0.1, 0.15) is 48.3 Å². The number of amides is 9. The number of hydrogen-bond donors (Lipinski definition) is 19. The molecule has 0 saturated heterocycles. The molecule has 0 spiro atoms. The number of aliphatic imine (C=N–C) groups is 1. The Morgan fingerprint density at radius 3 is 1.65 bits per heavy atom. The van der Waals surface area contributed by atoms with E-state index < -0.39 is 184 Å². The molecule has 9 amide bonds. The topological polar surface area (TPSA) is 574 Å². The maximum atomic E-state index is 14.2. The van der Waals surface area contributed by atoms with Gasteiger partial charge >= 0.3 is 25.7 Å². The van der Waals surface area contributed by atoms with Gasteiger partial charge in [0.2, 0.25) is 53.2 Å². The van der Waals surface area contributed by atoms with E-state index in [9.17, 15) is 87.2 Å². The Morgan fingerprint density at radius 2 is 1.18 bits per heavy atom. The maximum Gasteiger partial charge on any atom is 0.469 e. The summed E-state index contributed by atoms with van der Waals surface area (Å²) in [4.78, 5) is 186. The highest BCUT2D eigenvalue weighted by Crippen LogP contribution is 2.35. The molecule has 22 N–H and O–H groups in total. The first kappa shape index (κ1) is 69.9. The minimum absolute atomic E-state index is 0.0140. The summed E-state index contributed by atoms with van der Waals surface area (Å²) in [6.45, 7) is 1.24. The summed E-state index contributed by atoms with van der Waals surface area (Å²) in [7, 11) is -5.47. The average Bonchev–Trinajstić information content (AvgIpc) is 3.87. The van der Waals surface area contributed by atoms with Gasteiger partial charge in [-0.05, 0) is 50.0 Å². The summed E-state index contributed by atoms with van der Waals surface area (Å²) >= 11 is 5.24. The van der Waals surface area contributed by atoms with Crippen LogP contribution in [0.2, 0.25) is 0 Å². The van der Waals surface area contributed by atoms with Crippen molar-refractivity contribution in [3.63, 3.8) is 0 Å². The number of thiol groups is 1. The third-order valence-corrected chi connectivity index (χ3v) is 12.3. The molecule has 37 heteroatoms. The number of carbonyl (C=O) groups is 12. The van der Waals surface area contributed by atoms with E-state index in [0.717, 1.165) is 0 Å². The van der Waals surface area contributed by atoms with Crippen LogP contribution in [0.1, 0.15) is 70.9 Å². The van der Waals surface area contributed by atoms with Crippen molar-refractivity contribution < 1.29 is 91.7 Å². The molecule has 0 unspecified atom stereocenters. The monoisotopic (exact) mass is 1180 g/mol. The quantitative estimate of drug-likeness (QED) is 0.00958. The number of primary amides is 1. The summed E-state index contributed by atoms with van der Waals surface area (Å²) in [6.07, 6.45) is 0.384. The highest BCUT2D eigenvalue weighted by Gasteiger charge is 2.37. The van der Waals surface area contributed by atoms with Crippen molar-refractivity contribution in [1.82, 2.24) is 52.5 Å². The second kappa shape index (κ2) is 35.4. The number of hydrogen-bond acceptors (Lipinski definition) is 19. The molecule has 0 aliphatic heterocycles. The molecule has 0 fully saturated rings. The molecule has 0 aliphatic carbocycles. The number of thioether (sulfide) groups is 1. The highest BCUT2D eigenvalue weighted by atomic mass is 32.2. The second-order valence-electron chi connectivity index (χ2n) is 17.6. The Labute approximate surface area is 461 Å². The van der Waals surface area contributed by atoms with Crippen LogP contribution in [0, 0.1) is 5.92 Å². The first-order valence-corrected chi connectivity index (χ1v) is 27.4. The van der Waals surface area contributed by atoms with E-state index >= 15 is 0 Å². The van der Waals surface area contributed by atoms with Crippen LogP contribution in [0.4, 0.5) is 0 Å². The molecular formula is C42H70N15O19PS2. The lowest BCUT2D eigenvalue weighted by Gasteiger charge is -2.28. The number of imidazole rings is 1. The van der Waals surface area contributed by atoms with Crippen LogP contribution < -0.4 is 65.5 Å². The number of phosphoric acid groups is 1. The predicted molar refractivity (Wildman–Crippen MR) is 280 cm³/mol. The fourth-order valence-electron chi connectivity index (χ4n) is 6.68. The predicted octanol–water partition coefficient (Wildman–Crippen LogP) is -6.65. The van der Waals surface area contributed by atoms with Gasteiger partial charge in [-0.1, -0.05) is 13.8 Å². The lowest BCUT2D eigenvalue weighted by molar-refractivity contribution is -0.143. The Morgan fingerprint density at radius 1 is 0.684 bits per heavy atom. The van der Waals surface area contributed by atoms with Crippen molar-refractivity contribution in [2.24, 2.45) is 33.8 Å². The molecule has 0 saturated carbocycles. The summed E-state index contributed by atoms with van der Waals surface area (Å²) in [5, 5.41) is 46.2. The first-order chi connectivity index (χ1) is 36.9. The number of aromatic nitrogens is 2. The van der Waals surface area contributed by atoms with Gasteiger partial charge in [-0.15, -0.1) is 0 Å². The molecule has 1 rings (SSSR count). The zero-order chi connectivity index (χ0) is 60.2. The number of nitrogens with one attached hydrogen (secondary N) is 9. The minimum Gasteiger partial charge on any atom is -0.481 e. The van der Waals surface area contributed by atoms with Gasteiger partial charge in [0.25, 0.3) is 0 Å². The number of guanidine groups is 1. The number of carboxylic acids is 3. The van der Waals surface area contributed by atoms with Gasteiger partial charge in [0, 0.05) is 43.5 Å². The number of carboxylic acid groups (broad SMARTS) is 3. The van der Waals surface area contributed by atoms with Crippen LogP contribution in [0.3, 0.4) is 0 Å². The molecule has 444 valence electrons. The van der Waals surface area contributed by atoms with Crippen molar-refractivity contribution in [1.29, 1.82) is 0 Å². The Hall–Kier alpha value is -7.11. The third kappa shape index (κ3) is 28.4. The van der Waals surface area contributed by atoms with Gasteiger partial charge in [-0.3, -0.25) is 62.3 Å². The molecule has 79 heavy (non-hydrogen) atoms. The molecule has 0 aliphatic rings. The second-order valence-corrected chi connectivity index (χ2v) is 20.2. The van der Waals surface area contributed by atoms with Gasteiger partial charge in [0.05, 0.1) is 25.4 Å². The third-order valence-electron chi connectivity index (χ3n) is 10.9. The van der Waals surface area contributed by atoms with Gasteiger partial charge in [-0.25, -0.2) is 14.3 Å². The molecule has 34 nitrogen and oxygen atoms in total. The fourth-order valence-corrected chi connectivity index (χ4v) is 7.76. The Balaban J connectivity index is 3.66. The molecule has 0 bridgehead atoms. The smallest absolute Gasteiger partial charge is 0.469 e. The van der Waals surface area contributed by atoms with E-state index in [2.05, 4.69) is 64.0 Å². The van der Waals surface area contributed by atoms with Crippen LogP contribution >= 0.6 is 32.2 Å². The summed E-state index contributed by atoms with van der Waals surface area (Å²) in [5.41, 5.74) is 22.7. The number of nitrogens with two attached hydrogens (primary N) is 4. The number of aromatic amines is 1.